The topological polar surface area (TPSA) is 49.3 Å². The zero-order valence-corrected chi connectivity index (χ0v) is 11.2. The van der Waals surface area contributed by atoms with E-state index in [2.05, 4.69) is 24.4 Å². The Morgan fingerprint density at radius 3 is 2.56 bits per heavy atom. The fraction of sp³-hybridized carbons (Fsp3) is 0.533. The number of rotatable bonds is 5. The van der Waals surface area contributed by atoms with Gasteiger partial charge in [-0.25, -0.2) is 0 Å². The standard InChI is InChI=1S/C15H21NO2/c1-10-6-4-5-7-13(10)11(2)16-15(3,14(17)18)12-8-9-12/h4-7,11-12,16H,8-9H2,1-3H3,(H,17,18). The number of carboxylic acids is 1. The maximum atomic E-state index is 11.5. The van der Waals surface area contributed by atoms with Crippen molar-refractivity contribution < 1.29 is 9.90 Å². The van der Waals surface area contributed by atoms with Gasteiger partial charge >= 0.3 is 5.97 Å². The van der Waals surface area contributed by atoms with Crippen LogP contribution in [0.2, 0.25) is 0 Å². The van der Waals surface area contributed by atoms with E-state index in [9.17, 15) is 9.90 Å². The highest BCUT2D eigenvalue weighted by atomic mass is 16.4. The van der Waals surface area contributed by atoms with Gasteiger partial charge in [-0.05, 0) is 50.7 Å². The lowest BCUT2D eigenvalue weighted by atomic mass is 9.92. The van der Waals surface area contributed by atoms with Gasteiger partial charge in [0.05, 0.1) is 0 Å². The van der Waals surface area contributed by atoms with Crippen LogP contribution in [-0.4, -0.2) is 16.6 Å². The van der Waals surface area contributed by atoms with Crippen LogP contribution in [-0.2, 0) is 4.79 Å². The Hall–Kier alpha value is -1.35. The Bertz CT molecular complexity index is 454. The molecule has 1 aliphatic rings. The van der Waals surface area contributed by atoms with E-state index in [-0.39, 0.29) is 12.0 Å². The van der Waals surface area contributed by atoms with Crippen LogP contribution in [0.3, 0.4) is 0 Å². The molecule has 0 radical (unpaired) electrons. The van der Waals surface area contributed by atoms with Crippen molar-refractivity contribution in [1.29, 1.82) is 0 Å². The fourth-order valence-electron chi connectivity index (χ4n) is 2.62. The lowest BCUT2D eigenvalue weighted by Crippen LogP contribution is -2.52. The van der Waals surface area contributed by atoms with E-state index < -0.39 is 11.5 Å². The van der Waals surface area contributed by atoms with E-state index >= 15 is 0 Å². The second kappa shape index (κ2) is 4.73. The minimum Gasteiger partial charge on any atom is -0.480 e. The number of carbonyl (C=O) groups is 1. The highest BCUT2D eigenvalue weighted by Crippen LogP contribution is 2.41. The van der Waals surface area contributed by atoms with Crippen molar-refractivity contribution in [1.82, 2.24) is 5.32 Å². The number of carboxylic acid groups (broad SMARTS) is 1. The van der Waals surface area contributed by atoms with E-state index in [1.54, 1.807) is 0 Å². The molecule has 0 aliphatic heterocycles. The predicted molar refractivity (Wildman–Crippen MR) is 71.5 cm³/mol. The highest BCUT2D eigenvalue weighted by Gasteiger charge is 2.48. The summed E-state index contributed by atoms with van der Waals surface area (Å²) in [4.78, 5) is 11.5. The van der Waals surface area contributed by atoms with Crippen molar-refractivity contribution >= 4 is 5.97 Å². The molecule has 0 saturated heterocycles. The third kappa shape index (κ3) is 2.41. The first-order chi connectivity index (χ1) is 8.45. The summed E-state index contributed by atoms with van der Waals surface area (Å²) >= 11 is 0. The molecule has 1 saturated carbocycles. The summed E-state index contributed by atoms with van der Waals surface area (Å²) in [5.41, 5.74) is 1.56. The second-order valence-electron chi connectivity index (χ2n) is 5.50. The summed E-state index contributed by atoms with van der Waals surface area (Å²) in [6.45, 7) is 5.90. The molecule has 0 bridgehead atoms. The number of aryl methyl sites for hydroxylation is 1. The molecule has 1 aromatic carbocycles. The smallest absolute Gasteiger partial charge is 0.323 e. The average Bonchev–Trinajstić information content (AvgIpc) is 3.13. The summed E-state index contributed by atoms with van der Waals surface area (Å²) in [6.07, 6.45) is 2.02. The summed E-state index contributed by atoms with van der Waals surface area (Å²) < 4.78 is 0. The molecular formula is C15H21NO2. The Balaban J connectivity index is 2.17. The third-order valence-corrected chi connectivity index (χ3v) is 4.01. The molecule has 2 rings (SSSR count). The molecule has 1 aliphatic carbocycles. The Labute approximate surface area is 108 Å². The molecular weight excluding hydrogens is 226 g/mol. The lowest BCUT2D eigenvalue weighted by Gasteiger charge is -2.31. The molecule has 98 valence electrons. The van der Waals surface area contributed by atoms with E-state index in [1.165, 1.54) is 11.1 Å². The van der Waals surface area contributed by atoms with Crippen molar-refractivity contribution in [2.75, 3.05) is 0 Å². The van der Waals surface area contributed by atoms with Gasteiger partial charge in [-0.2, -0.15) is 0 Å². The molecule has 2 atom stereocenters. The van der Waals surface area contributed by atoms with Gasteiger partial charge in [0, 0.05) is 6.04 Å². The number of aliphatic carboxylic acids is 1. The SMILES string of the molecule is Cc1ccccc1C(C)NC(C)(C(=O)O)C1CC1. The zero-order valence-electron chi connectivity index (χ0n) is 11.2. The van der Waals surface area contributed by atoms with Gasteiger partial charge in [-0.1, -0.05) is 24.3 Å². The Kier molecular flexibility index (Phi) is 3.44. The zero-order chi connectivity index (χ0) is 13.3. The monoisotopic (exact) mass is 247 g/mol. The van der Waals surface area contributed by atoms with Crippen molar-refractivity contribution in [3.63, 3.8) is 0 Å². The number of hydrogen-bond donors (Lipinski definition) is 2. The van der Waals surface area contributed by atoms with Crippen LogP contribution in [0.1, 0.15) is 43.9 Å². The van der Waals surface area contributed by atoms with Crippen molar-refractivity contribution in [3.05, 3.63) is 35.4 Å². The lowest BCUT2D eigenvalue weighted by molar-refractivity contribution is -0.145. The Morgan fingerprint density at radius 2 is 2.06 bits per heavy atom. The summed E-state index contributed by atoms with van der Waals surface area (Å²) in [5.74, 6) is -0.480. The maximum Gasteiger partial charge on any atom is 0.323 e. The van der Waals surface area contributed by atoms with Gasteiger partial charge in [0.25, 0.3) is 0 Å². The van der Waals surface area contributed by atoms with Gasteiger partial charge in [-0.15, -0.1) is 0 Å². The molecule has 18 heavy (non-hydrogen) atoms. The molecule has 3 heteroatoms. The first-order valence-electron chi connectivity index (χ1n) is 6.51. The summed E-state index contributed by atoms with van der Waals surface area (Å²) in [7, 11) is 0. The Morgan fingerprint density at radius 1 is 1.44 bits per heavy atom. The molecule has 0 aromatic heterocycles. The second-order valence-corrected chi connectivity index (χ2v) is 5.50. The van der Waals surface area contributed by atoms with Crippen LogP contribution in [0.25, 0.3) is 0 Å². The van der Waals surface area contributed by atoms with Crippen LogP contribution < -0.4 is 5.32 Å². The average molecular weight is 247 g/mol. The molecule has 2 N–H and O–H groups in total. The normalized spacial score (nSPS) is 20.2. The molecule has 1 aromatic rings. The van der Waals surface area contributed by atoms with Gasteiger partial charge in [0.15, 0.2) is 0 Å². The third-order valence-electron chi connectivity index (χ3n) is 4.01. The van der Waals surface area contributed by atoms with Gasteiger partial charge in [-0.3, -0.25) is 10.1 Å². The van der Waals surface area contributed by atoms with E-state index in [0.29, 0.717) is 0 Å². The largest absolute Gasteiger partial charge is 0.480 e. The van der Waals surface area contributed by atoms with E-state index in [1.807, 2.05) is 26.0 Å². The number of nitrogens with one attached hydrogen (secondary N) is 1. The first kappa shape index (κ1) is 13.1. The van der Waals surface area contributed by atoms with E-state index in [4.69, 9.17) is 0 Å². The number of hydrogen-bond acceptors (Lipinski definition) is 2. The van der Waals surface area contributed by atoms with E-state index in [0.717, 1.165) is 12.8 Å². The fourth-order valence-corrected chi connectivity index (χ4v) is 2.62. The molecule has 3 nitrogen and oxygen atoms in total. The molecule has 1 fully saturated rings. The van der Waals surface area contributed by atoms with Crippen molar-refractivity contribution in [2.24, 2.45) is 5.92 Å². The predicted octanol–water partition coefficient (Wildman–Crippen LogP) is 2.90. The summed E-state index contributed by atoms with van der Waals surface area (Å²) in [5, 5.41) is 12.8. The van der Waals surface area contributed by atoms with Crippen LogP contribution in [0.4, 0.5) is 0 Å². The van der Waals surface area contributed by atoms with Crippen LogP contribution >= 0.6 is 0 Å². The van der Waals surface area contributed by atoms with Crippen LogP contribution in [0, 0.1) is 12.8 Å². The van der Waals surface area contributed by atoms with Gasteiger partial charge in [0.1, 0.15) is 5.54 Å². The quantitative estimate of drug-likeness (QED) is 0.841. The highest BCUT2D eigenvalue weighted by molar-refractivity contribution is 5.79. The molecule has 0 amide bonds. The van der Waals surface area contributed by atoms with Crippen molar-refractivity contribution in [3.8, 4) is 0 Å². The van der Waals surface area contributed by atoms with Crippen LogP contribution in [0.15, 0.2) is 24.3 Å². The molecule has 0 spiro atoms. The minimum absolute atomic E-state index is 0.0490. The molecule has 2 unspecified atom stereocenters. The first-order valence-corrected chi connectivity index (χ1v) is 6.51. The minimum atomic E-state index is -0.804. The number of benzene rings is 1. The van der Waals surface area contributed by atoms with Gasteiger partial charge < -0.3 is 5.11 Å². The maximum absolute atomic E-state index is 11.5. The van der Waals surface area contributed by atoms with Crippen molar-refractivity contribution in [2.45, 2.75) is 45.2 Å². The van der Waals surface area contributed by atoms with Crippen LogP contribution in [0.5, 0.6) is 0 Å². The van der Waals surface area contributed by atoms with Gasteiger partial charge in [0.2, 0.25) is 0 Å². The molecule has 0 heterocycles. The summed E-state index contributed by atoms with van der Waals surface area (Å²) in [6, 6.07) is 8.16.